The van der Waals surface area contributed by atoms with E-state index in [1.165, 1.54) is 6.21 Å². The van der Waals surface area contributed by atoms with E-state index in [9.17, 15) is 9.59 Å². The van der Waals surface area contributed by atoms with Crippen LogP contribution in [0.5, 0.6) is 23.0 Å². The lowest BCUT2D eigenvalue weighted by Gasteiger charge is -2.11. The Morgan fingerprint density at radius 1 is 0.778 bits per heavy atom. The van der Waals surface area contributed by atoms with Crippen molar-refractivity contribution < 1.29 is 28.5 Å². The number of carbonyl (C=O) groups excluding carboxylic acids is 2. The molecule has 8 heteroatoms. The maximum absolute atomic E-state index is 12.6. The Kier molecular flexibility index (Phi) is 9.88. The zero-order chi connectivity index (χ0) is 25.8. The summed E-state index contributed by atoms with van der Waals surface area (Å²) >= 11 is 0. The van der Waals surface area contributed by atoms with Crippen molar-refractivity contribution in [2.24, 2.45) is 5.10 Å². The molecular formula is C28H30N2O6. The minimum absolute atomic E-state index is 0.280. The summed E-state index contributed by atoms with van der Waals surface area (Å²) in [6.45, 7) is 7.30. The van der Waals surface area contributed by atoms with Gasteiger partial charge < -0.3 is 18.9 Å². The largest absolute Gasteiger partial charge is 0.494 e. The average Bonchev–Trinajstić information content (AvgIpc) is 2.90. The zero-order valence-electron chi connectivity index (χ0n) is 20.7. The van der Waals surface area contributed by atoms with E-state index in [-0.39, 0.29) is 11.7 Å². The molecule has 8 nitrogen and oxygen atoms in total. The molecule has 0 unspecified atom stereocenters. The summed E-state index contributed by atoms with van der Waals surface area (Å²) in [6.07, 6.45) is 2.39. The fraction of sp³-hybridized carbons (Fsp3) is 0.250. The molecule has 0 heterocycles. The van der Waals surface area contributed by atoms with E-state index in [0.717, 1.165) is 6.42 Å². The van der Waals surface area contributed by atoms with Gasteiger partial charge in [-0.15, -0.1) is 0 Å². The number of amides is 1. The molecule has 1 N–H and O–H groups in total. The van der Waals surface area contributed by atoms with E-state index in [1.54, 1.807) is 66.7 Å². The molecule has 188 valence electrons. The minimum atomic E-state index is -0.515. The maximum Gasteiger partial charge on any atom is 0.343 e. The third-order valence-electron chi connectivity index (χ3n) is 4.84. The molecule has 0 radical (unpaired) electrons. The molecule has 1 amide bonds. The van der Waals surface area contributed by atoms with Crippen LogP contribution in [0, 0.1) is 0 Å². The van der Waals surface area contributed by atoms with Gasteiger partial charge >= 0.3 is 5.97 Å². The Bertz CT molecular complexity index is 1170. The molecule has 0 bridgehead atoms. The van der Waals surface area contributed by atoms with Crippen LogP contribution >= 0.6 is 0 Å². The monoisotopic (exact) mass is 490 g/mol. The summed E-state index contributed by atoms with van der Waals surface area (Å²) in [4.78, 5) is 24.9. The second-order valence-corrected chi connectivity index (χ2v) is 7.56. The van der Waals surface area contributed by atoms with Gasteiger partial charge in [0, 0.05) is 5.56 Å². The normalized spacial score (nSPS) is 10.6. The summed E-state index contributed by atoms with van der Waals surface area (Å²) in [7, 11) is 0. The maximum atomic E-state index is 12.6. The van der Waals surface area contributed by atoms with Gasteiger partial charge in [-0.1, -0.05) is 6.92 Å². The van der Waals surface area contributed by atoms with Crippen molar-refractivity contribution in [1.82, 2.24) is 5.43 Å². The lowest BCUT2D eigenvalue weighted by atomic mass is 10.2. The first-order valence-corrected chi connectivity index (χ1v) is 11.8. The fourth-order valence-corrected chi connectivity index (χ4v) is 3.12. The standard InChI is InChI=1S/C28H30N2O6/c1-4-17-35-24-12-8-21(9-13-24)27(31)30-29-19-20-7-16-25(26(18-20)34-6-3)36-28(32)22-10-14-23(15-11-22)33-5-2/h7-16,18-19H,4-6,17H2,1-3H3,(H,30,31)/b29-19-. The molecule has 0 saturated heterocycles. The van der Waals surface area contributed by atoms with Gasteiger partial charge in [-0.3, -0.25) is 4.79 Å². The highest BCUT2D eigenvalue weighted by atomic mass is 16.6. The molecule has 0 aromatic heterocycles. The van der Waals surface area contributed by atoms with Gasteiger partial charge in [0.15, 0.2) is 11.5 Å². The van der Waals surface area contributed by atoms with Gasteiger partial charge in [-0.2, -0.15) is 5.10 Å². The summed E-state index contributed by atoms with van der Waals surface area (Å²) < 4.78 is 22.1. The van der Waals surface area contributed by atoms with E-state index in [2.05, 4.69) is 10.5 Å². The first-order chi connectivity index (χ1) is 17.5. The fourth-order valence-electron chi connectivity index (χ4n) is 3.12. The lowest BCUT2D eigenvalue weighted by Crippen LogP contribution is -2.17. The highest BCUT2D eigenvalue weighted by molar-refractivity contribution is 5.95. The van der Waals surface area contributed by atoms with Crippen molar-refractivity contribution in [3.05, 3.63) is 83.4 Å². The molecule has 3 aromatic rings. The summed E-state index contributed by atoms with van der Waals surface area (Å²) in [5, 5.41) is 4.02. The SMILES string of the molecule is CCCOc1ccc(C(=O)N/N=C\c2ccc(OC(=O)c3ccc(OCC)cc3)c(OCC)c2)cc1. The molecular weight excluding hydrogens is 460 g/mol. The minimum Gasteiger partial charge on any atom is -0.494 e. The number of hydrogen-bond acceptors (Lipinski definition) is 7. The number of nitrogens with zero attached hydrogens (tertiary/aromatic N) is 1. The molecule has 0 atom stereocenters. The number of hydrazone groups is 1. The van der Waals surface area contributed by atoms with Crippen molar-refractivity contribution >= 4 is 18.1 Å². The van der Waals surface area contributed by atoms with Crippen molar-refractivity contribution in [3.8, 4) is 23.0 Å². The second kappa shape index (κ2) is 13.5. The van der Waals surface area contributed by atoms with Crippen LogP contribution in [0.4, 0.5) is 0 Å². The van der Waals surface area contributed by atoms with Crippen molar-refractivity contribution in [2.75, 3.05) is 19.8 Å². The van der Waals surface area contributed by atoms with Crippen molar-refractivity contribution in [1.29, 1.82) is 0 Å². The van der Waals surface area contributed by atoms with E-state index >= 15 is 0 Å². The van der Waals surface area contributed by atoms with Gasteiger partial charge in [-0.05, 0) is 92.6 Å². The van der Waals surface area contributed by atoms with Crippen LogP contribution in [0.15, 0.2) is 71.8 Å². The predicted octanol–water partition coefficient (Wildman–Crippen LogP) is 5.26. The van der Waals surface area contributed by atoms with Gasteiger partial charge in [-0.25, -0.2) is 10.2 Å². The van der Waals surface area contributed by atoms with E-state index in [4.69, 9.17) is 18.9 Å². The highest BCUT2D eigenvalue weighted by Crippen LogP contribution is 2.29. The van der Waals surface area contributed by atoms with Gasteiger partial charge in [0.05, 0.1) is 31.6 Å². The molecule has 36 heavy (non-hydrogen) atoms. The summed E-state index contributed by atoms with van der Waals surface area (Å²) in [5.74, 6) is 1.19. The number of ether oxygens (including phenoxy) is 4. The number of hydrogen-bond donors (Lipinski definition) is 1. The van der Waals surface area contributed by atoms with Crippen LogP contribution in [0.3, 0.4) is 0 Å². The Morgan fingerprint density at radius 2 is 1.42 bits per heavy atom. The second-order valence-electron chi connectivity index (χ2n) is 7.56. The molecule has 0 spiro atoms. The highest BCUT2D eigenvalue weighted by Gasteiger charge is 2.13. The third-order valence-corrected chi connectivity index (χ3v) is 4.84. The molecule has 0 aliphatic heterocycles. The van der Waals surface area contributed by atoms with Gasteiger partial charge in [0.2, 0.25) is 0 Å². The molecule has 3 rings (SSSR count). The summed E-state index contributed by atoms with van der Waals surface area (Å²) in [6, 6.07) is 18.6. The predicted molar refractivity (Wildman–Crippen MR) is 137 cm³/mol. The first-order valence-electron chi connectivity index (χ1n) is 11.8. The lowest BCUT2D eigenvalue weighted by molar-refractivity contribution is 0.0728. The van der Waals surface area contributed by atoms with Crippen LogP contribution in [0.1, 0.15) is 53.5 Å². The first kappa shape index (κ1) is 26.3. The molecule has 0 fully saturated rings. The number of benzene rings is 3. The van der Waals surface area contributed by atoms with Crippen molar-refractivity contribution in [2.45, 2.75) is 27.2 Å². The number of rotatable bonds is 12. The van der Waals surface area contributed by atoms with Gasteiger partial charge in [0.1, 0.15) is 11.5 Å². The van der Waals surface area contributed by atoms with Crippen LogP contribution in [-0.4, -0.2) is 37.9 Å². The van der Waals surface area contributed by atoms with E-state index in [0.29, 0.717) is 53.8 Å². The number of nitrogens with one attached hydrogen (secondary N) is 1. The van der Waals surface area contributed by atoms with E-state index < -0.39 is 5.97 Å². The molecule has 3 aromatic carbocycles. The Hall–Kier alpha value is -4.33. The van der Waals surface area contributed by atoms with Crippen LogP contribution in [0.25, 0.3) is 0 Å². The van der Waals surface area contributed by atoms with Crippen LogP contribution < -0.4 is 24.4 Å². The molecule has 0 saturated carbocycles. The average molecular weight is 491 g/mol. The Morgan fingerprint density at radius 3 is 2.06 bits per heavy atom. The zero-order valence-corrected chi connectivity index (χ0v) is 20.7. The third kappa shape index (κ3) is 7.59. The Balaban J connectivity index is 1.63. The summed E-state index contributed by atoms with van der Waals surface area (Å²) in [5.41, 5.74) is 4.00. The quantitative estimate of drug-likeness (QED) is 0.161. The Labute approximate surface area is 210 Å². The van der Waals surface area contributed by atoms with Crippen LogP contribution in [0.2, 0.25) is 0 Å². The number of carbonyl (C=O) groups is 2. The topological polar surface area (TPSA) is 95.5 Å². The van der Waals surface area contributed by atoms with Crippen LogP contribution in [-0.2, 0) is 0 Å². The molecule has 0 aliphatic carbocycles. The molecule has 0 aliphatic rings. The van der Waals surface area contributed by atoms with Crippen molar-refractivity contribution in [3.63, 3.8) is 0 Å². The smallest absolute Gasteiger partial charge is 0.343 e. The van der Waals surface area contributed by atoms with E-state index in [1.807, 2.05) is 20.8 Å². The van der Waals surface area contributed by atoms with Gasteiger partial charge in [0.25, 0.3) is 5.91 Å². The number of esters is 1.